The Morgan fingerprint density at radius 2 is 1.87 bits per heavy atom. The fourth-order valence-electron chi connectivity index (χ4n) is 4.29. The Morgan fingerprint density at radius 1 is 1.07 bits per heavy atom. The van der Waals surface area contributed by atoms with Crippen LogP contribution in [-0.4, -0.2) is 43.0 Å². The van der Waals surface area contributed by atoms with Crippen LogP contribution >= 0.6 is 0 Å². The van der Waals surface area contributed by atoms with Gasteiger partial charge in [-0.1, -0.05) is 18.2 Å². The molecule has 30 heavy (non-hydrogen) atoms. The van der Waals surface area contributed by atoms with Gasteiger partial charge in [0.05, 0.1) is 5.39 Å². The van der Waals surface area contributed by atoms with E-state index in [1.807, 2.05) is 46.0 Å². The molecule has 4 heterocycles. The maximum Gasteiger partial charge on any atom is 0.330 e. The Morgan fingerprint density at radius 3 is 2.70 bits per heavy atom. The van der Waals surface area contributed by atoms with Gasteiger partial charge < -0.3 is 9.47 Å². The topological polar surface area (TPSA) is 93.0 Å². The number of rotatable bonds is 3. The minimum Gasteiger partial charge on any atom is -0.341 e. The minimum atomic E-state index is -0.449. The van der Waals surface area contributed by atoms with Crippen LogP contribution < -0.4 is 11.2 Å². The highest BCUT2D eigenvalue weighted by atomic mass is 16.2. The molecule has 0 bridgehead atoms. The molecule has 1 saturated heterocycles. The van der Waals surface area contributed by atoms with Crippen molar-refractivity contribution in [1.82, 2.24) is 24.0 Å². The molecule has 152 valence electrons. The number of likely N-dealkylation sites (tertiary alicyclic amines) is 1. The molecule has 1 aliphatic heterocycles. The Labute approximate surface area is 171 Å². The number of H-pyrrole nitrogens is 1. The molecule has 1 N–H and O–H groups in total. The first kappa shape index (κ1) is 18.4. The summed E-state index contributed by atoms with van der Waals surface area (Å²) in [7, 11) is 0. The van der Waals surface area contributed by atoms with Crippen molar-refractivity contribution in [3.63, 3.8) is 0 Å². The number of hydrogen-bond acceptors (Lipinski definition) is 4. The van der Waals surface area contributed by atoms with Crippen molar-refractivity contribution < 1.29 is 4.79 Å². The van der Waals surface area contributed by atoms with Crippen LogP contribution in [0.25, 0.3) is 21.9 Å². The Bertz CT molecular complexity index is 1360. The zero-order valence-electron chi connectivity index (χ0n) is 16.3. The fourth-order valence-corrected chi connectivity index (χ4v) is 4.29. The number of benzene rings is 1. The van der Waals surface area contributed by atoms with Crippen molar-refractivity contribution in [3.05, 3.63) is 75.7 Å². The third-order valence-electron chi connectivity index (χ3n) is 5.87. The van der Waals surface area contributed by atoms with E-state index in [0.717, 1.165) is 10.9 Å². The second-order valence-corrected chi connectivity index (χ2v) is 7.62. The largest absolute Gasteiger partial charge is 0.341 e. The summed E-state index contributed by atoms with van der Waals surface area (Å²) in [6.45, 7) is 1.31. The Hall–Kier alpha value is -3.68. The number of hydrogen-bond donors (Lipinski definition) is 1. The maximum absolute atomic E-state index is 12.8. The lowest BCUT2D eigenvalue weighted by molar-refractivity contribution is -0.133. The normalized spacial score (nSPS) is 15.1. The monoisotopic (exact) mass is 403 g/mol. The molecule has 0 saturated carbocycles. The van der Waals surface area contributed by atoms with Crippen molar-refractivity contribution in [2.45, 2.75) is 25.4 Å². The molecule has 0 radical (unpaired) electrons. The van der Waals surface area contributed by atoms with Crippen molar-refractivity contribution >= 4 is 27.8 Å². The number of carbonyl (C=O) groups excluding carboxylic acids is 1. The summed E-state index contributed by atoms with van der Waals surface area (Å²) in [5.41, 5.74) is 0.555. The smallest absolute Gasteiger partial charge is 0.330 e. The van der Waals surface area contributed by atoms with Crippen LogP contribution in [0.5, 0.6) is 0 Å². The Kier molecular flexibility index (Phi) is 4.46. The zero-order valence-corrected chi connectivity index (χ0v) is 16.3. The van der Waals surface area contributed by atoms with Crippen molar-refractivity contribution in [1.29, 1.82) is 0 Å². The van der Waals surface area contributed by atoms with Crippen molar-refractivity contribution in [3.8, 4) is 0 Å². The standard InChI is InChI=1S/C22H21N5O3/c28-19(14-26-11-7-15-4-1-2-6-18(15)26)25-12-8-16(9-13-25)27-21(29)17-5-3-10-23-20(17)24-22(27)30/h1-7,10-11,16H,8-9,12-14H2,(H,23,24,30). The van der Waals surface area contributed by atoms with Gasteiger partial charge in [-0.3, -0.25) is 19.1 Å². The first-order valence-corrected chi connectivity index (χ1v) is 10.0. The van der Waals surface area contributed by atoms with Gasteiger partial charge in [-0.05, 0) is 42.5 Å². The number of fused-ring (bicyclic) bond motifs is 2. The summed E-state index contributed by atoms with van der Waals surface area (Å²) in [4.78, 5) is 46.7. The van der Waals surface area contributed by atoms with E-state index in [0.29, 0.717) is 37.0 Å². The molecule has 5 rings (SSSR count). The van der Waals surface area contributed by atoms with E-state index < -0.39 is 5.69 Å². The fraction of sp³-hybridized carbons (Fsp3) is 0.273. The highest BCUT2D eigenvalue weighted by Gasteiger charge is 2.26. The van der Waals surface area contributed by atoms with Gasteiger partial charge in [-0.2, -0.15) is 0 Å². The van der Waals surface area contributed by atoms with Crippen molar-refractivity contribution in [2.75, 3.05) is 13.1 Å². The van der Waals surface area contributed by atoms with E-state index in [2.05, 4.69) is 9.97 Å². The van der Waals surface area contributed by atoms with Crippen LogP contribution in [-0.2, 0) is 11.3 Å². The van der Waals surface area contributed by atoms with Gasteiger partial charge in [0.25, 0.3) is 5.56 Å². The van der Waals surface area contributed by atoms with Gasteiger partial charge >= 0.3 is 5.69 Å². The van der Waals surface area contributed by atoms with Crippen LogP contribution in [0.3, 0.4) is 0 Å². The number of para-hydroxylation sites is 1. The third kappa shape index (κ3) is 3.10. The second kappa shape index (κ2) is 7.29. The predicted octanol–water partition coefficient (Wildman–Crippen LogP) is 1.90. The molecule has 0 unspecified atom stereocenters. The van der Waals surface area contributed by atoms with Gasteiger partial charge in [-0.25, -0.2) is 9.78 Å². The van der Waals surface area contributed by atoms with Crippen LogP contribution in [0.1, 0.15) is 18.9 Å². The molecule has 3 aromatic heterocycles. The lowest BCUT2D eigenvalue weighted by Crippen LogP contribution is -2.45. The summed E-state index contributed by atoms with van der Waals surface area (Å²) in [6.07, 6.45) is 4.59. The molecular formula is C22H21N5O3. The van der Waals surface area contributed by atoms with E-state index in [4.69, 9.17) is 0 Å². The Balaban J connectivity index is 1.32. The predicted molar refractivity (Wildman–Crippen MR) is 113 cm³/mol. The number of aromatic nitrogens is 4. The molecule has 1 amide bonds. The molecule has 1 aliphatic rings. The van der Waals surface area contributed by atoms with Crippen LogP contribution in [0, 0.1) is 0 Å². The number of pyridine rings is 1. The lowest BCUT2D eigenvalue weighted by atomic mass is 10.0. The molecule has 1 fully saturated rings. The van der Waals surface area contributed by atoms with E-state index >= 15 is 0 Å². The molecule has 8 heteroatoms. The van der Waals surface area contributed by atoms with Crippen molar-refractivity contribution in [2.24, 2.45) is 0 Å². The first-order valence-electron chi connectivity index (χ1n) is 10.0. The number of piperidine rings is 1. The SMILES string of the molecule is O=C(Cn1ccc2ccccc21)N1CCC(n2c(=O)[nH]c3ncccc3c2=O)CC1. The molecule has 1 aromatic carbocycles. The summed E-state index contributed by atoms with van der Waals surface area (Å²) in [6, 6.07) is 13.1. The van der Waals surface area contributed by atoms with Gasteiger partial charge in [0.15, 0.2) is 0 Å². The summed E-state index contributed by atoms with van der Waals surface area (Å²) < 4.78 is 3.24. The van der Waals surface area contributed by atoms with Crippen LogP contribution in [0.4, 0.5) is 0 Å². The molecule has 0 aliphatic carbocycles. The number of carbonyl (C=O) groups is 1. The van der Waals surface area contributed by atoms with E-state index in [1.54, 1.807) is 18.3 Å². The average Bonchev–Trinajstić information content (AvgIpc) is 3.17. The number of nitrogens with one attached hydrogen (secondary N) is 1. The highest BCUT2D eigenvalue weighted by Crippen LogP contribution is 2.21. The molecule has 4 aromatic rings. The van der Waals surface area contributed by atoms with E-state index in [-0.39, 0.29) is 24.1 Å². The summed E-state index contributed by atoms with van der Waals surface area (Å²) in [5.74, 6) is 0.0405. The van der Waals surface area contributed by atoms with Crippen LogP contribution in [0.2, 0.25) is 0 Å². The van der Waals surface area contributed by atoms with Gasteiger partial charge in [-0.15, -0.1) is 0 Å². The average molecular weight is 403 g/mol. The summed E-state index contributed by atoms with van der Waals surface area (Å²) in [5, 5.41) is 1.50. The van der Waals surface area contributed by atoms with E-state index in [1.165, 1.54) is 4.57 Å². The second-order valence-electron chi connectivity index (χ2n) is 7.62. The van der Waals surface area contributed by atoms with Crippen LogP contribution in [0.15, 0.2) is 64.4 Å². The van der Waals surface area contributed by atoms with E-state index in [9.17, 15) is 14.4 Å². The quantitative estimate of drug-likeness (QED) is 0.565. The zero-order chi connectivity index (χ0) is 20.7. The lowest BCUT2D eigenvalue weighted by Gasteiger charge is -2.32. The number of amides is 1. The first-order chi connectivity index (χ1) is 14.6. The highest BCUT2D eigenvalue weighted by molar-refractivity contribution is 5.83. The van der Waals surface area contributed by atoms with Gasteiger partial charge in [0.1, 0.15) is 12.2 Å². The third-order valence-corrected chi connectivity index (χ3v) is 5.87. The molecule has 0 atom stereocenters. The summed E-state index contributed by atoms with van der Waals surface area (Å²) >= 11 is 0. The molecule has 0 spiro atoms. The van der Waals surface area contributed by atoms with Gasteiger partial charge in [0, 0.05) is 37.0 Å². The molecule has 8 nitrogen and oxygen atoms in total. The van der Waals surface area contributed by atoms with Gasteiger partial charge in [0.2, 0.25) is 5.91 Å². The maximum atomic E-state index is 12.8. The minimum absolute atomic E-state index is 0.0405. The molecular weight excluding hydrogens is 382 g/mol. The number of aromatic amines is 1. The number of nitrogens with zero attached hydrogens (tertiary/aromatic N) is 4.